The zero-order chi connectivity index (χ0) is 22.6. The summed E-state index contributed by atoms with van der Waals surface area (Å²) in [4.78, 5) is 24.1. The lowest BCUT2D eigenvalue weighted by Gasteiger charge is -2.22. The lowest BCUT2D eigenvalue weighted by atomic mass is 10.1. The zero-order valence-electron chi connectivity index (χ0n) is 18.4. The van der Waals surface area contributed by atoms with E-state index in [0.717, 1.165) is 0 Å². The van der Waals surface area contributed by atoms with Crippen LogP contribution in [0.4, 0.5) is 4.79 Å². The molecule has 0 spiro atoms. The first-order valence-electron chi connectivity index (χ1n) is 9.47. The van der Waals surface area contributed by atoms with Crippen molar-refractivity contribution in [3.63, 3.8) is 0 Å². The summed E-state index contributed by atoms with van der Waals surface area (Å²) in [7, 11) is 6.19. The van der Waals surface area contributed by atoms with Crippen LogP contribution < -0.4 is 24.3 Å². The molecule has 1 amide bonds. The molecule has 3 aromatic rings. The Hall–Kier alpha value is -3.53. The van der Waals surface area contributed by atoms with Crippen molar-refractivity contribution in [2.45, 2.75) is 19.4 Å². The number of rotatable bonds is 8. The number of aromatic nitrogens is 3. The number of H-pyrrole nitrogens is 1. The van der Waals surface area contributed by atoms with E-state index in [2.05, 4.69) is 20.3 Å². The highest BCUT2D eigenvalue weighted by molar-refractivity contribution is 5.84. The van der Waals surface area contributed by atoms with Crippen molar-refractivity contribution in [2.75, 3.05) is 35.0 Å². The van der Waals surface area contributed by atoms with E-state index < -0.39 is 11.7 Å². The number of fused-ring (bicyclic) bond motifs is 1. The molecule has 10 heteroatoms. The second-order valence-electron chi connectivity index (χ2n) is 7.23. The van der Waals surface area contributed by atoms with Gasteiger partial charge in [-0.2, -0.15) is 0 Å². The van der Waals surface area contributed by atoms with Gasteiger partial charge < -0.3 is 34.0 Å². The predicted octanol–water partition coefficient (Wildman–Crippen LogP) is 3.16. The van der Waals surface area contributed by atoms with Crippen molar-refractivity contribution in [2.24, 2.45) is 0 Å². The molecule has 3 rings (SSSR count). The number of hydrogen-bond donors (Lipinski definition) is 2. The van der Waals surface area contributed by atoms with E-state index in [1.807, 2.05) is 13.8 Å². The summed E-state index contributed by atoms with van der Waals surface area (Å²) in [6.07, 6.45) is 2.51. The molecular weight excluding hydrogens is 404 g/mol. The van der Waals surface area contributed by atoms with Gasteiger partial charge in [0.2, 0.25) is 5.75 Å². The minimum absolute atomic E-state index is 0.254. The maximum absolute atomic E-state index is 12.2. The van der Waals surface area contributed by atoms with Crippen LogP contribution in [-0.4, -0.2) is 61.6 Å². The molecular formula is C21H26N4O6. The standard InChI is InChI=1S/C21H26N4O6/c1-21(2,30-6)11-24-20(26)31-16-10-23-19-17(16)25-13(9-22-19)12-7-14(27-3)18(29-5)15(8-12)28-4/h7-10H,11H2,1-6H3,(H,22,23)(H,24,26). The number of carbonyl (C=O) groups excluding carboxylic acids is 1. The van der Waals surface area contributed by atoms with Gasteiger partial charge in [0.1, 0.15) is 0 Å². The average Bonchev–Trinajstić information content (AvgIpc) is 3.18. The smallest absolute Gasteiger partial charge is 0.412 e. The van der Waals surface area contributed by atoms with E-state index in [0.29, 0.717) is 39.7 Å². The molecule has 1 aromatic carbocycles. The van der Waals surface area contributed by atoms with E-state index in [9.17, 15) is 4.79 Å². The molecule has 0 bridgehead atoms. The maximum atomic E-state index is 12.2. The predicted molar refractivity (Wildman–Crippen MR) is 114 cm³/mol. The van der Waals surface area contributed by atoms with Gasteiger partial charge in [-0.05, 0) is 26.0 Å². The van der Waals surface area contributed by atoms with Crippen molar-refractivity contribution in [1.82, 2.24) is 20.3 Å². The van der Waals surface area contributed by atoms with Gasteiger partial charge in [0.15, 0.2) is 28.4 Å². The first kappa shape index (κ1) is 22.2. The lowest BCUT2D eigenvalue weighted by molar-refractivity contribution is 0.0241. The van der Waals surface area contributed by atoms with Gasteiger partial charge in [-0.25, -0.2) is 14.8 Å². The average molecular weight is 430 g/mol. The Morgan fingerprint density at radius 1 is 1.06 bits per heavy atom. The van der Waals surface area contributed by atoms with Crippen LogP contribution in [0.1, 0.15) is 13.8 Å². The van der Waals surface area contributed by atoms with Crippen LogP contribution in [0.25, 0.3) is 22.4 Å². The Balaban J connectivity index is 1.91. The fourth-order valence-electron chi connectivity index (χ4n) is 2.81. The minimum atomic E-state index is -0.619. The van der Waals surface area contributed by atoms with Crippen LogP contribution in [0.5, 0.6) is 23.0 Å². The van der Waals surface area contributed by atoms with Crippen LogP contribution in [-0.2, 0) is 4.74 Å². The number of methoxy groups -OCH3 is 4. The highest BCUT2D eigenvalue weighted by Crippen LogP contribution is 2.41. The molecule has 0 aliphatic carbocycles. The Bertz CT molecular complexity index is 1050. The third-order valence-corrected chi connectivity index (χ3v) is 4.72. The Labute approximate surface area is 179 Å². The summed E-state index contributed by atoms with van der Waals surface area (Å²) in [5, 5.41) is 2.67. The molecule has 0 aliphatic heterocycles. The molecule has 0 unspecified atom stereocenters. The molecule has 0 fully saturated rings. The first-order valence-corrected chi connectivity index (χ1v) is 9.47. The Morgan fingerprint density at radius 3 is 2.32 bits per heavy atom. The van der Waals surface area contributed by atoms with Crippen molar-refractivity contribution in [3.8, 4) is 34.3 Å². The molecule has 0 radical (unpaired) electrons. The largest absolute Gasteiger partial charge is 0.493 e. The Morgan fingerprint density at radius 2 is 1.74 bits per heavy atom. The van der Waals surface area contributed by atoms with Crippen LogP contribution in [0.3, 0.4) is 0 Å². The van der Waals surface area contributed by atoms with Gasteiger partial charge in [-0.1, -0.05) is 0 Å². The van der Waals surface area contributed by atoms with E-state index in [4.69, 9.17) is 23.7 Å². The molecule has 0 saturated heterocycles. The number of nitrogens with zero attached hydrogens (tertiary/aromatic N) is 2. The molecule has 2 aromatic heterocycles. The van der Waals surface area contributed by atoms with Gasteiger partial charge in [0, 0.05) is 25.4 Å². The quantitative estimate of drug-likeness (QED) is 0.560. The molecule has 2 N–H and O–H groups in total. The molecule has 0 aliphatic rings. The zero-order valence-corrected chi connectivity index (χ0v) is 18.4. The number of nitrogens with one attached hydrogen (secondary N) is 2. The first-order chi connectivity index (χ1) is 14.8. The summed E-state index contributed by atoms with van der Waals surface area (Å²) in [5.74, 6) is 1.71. The summed E-state index contributed by atoms with van der Waals surface area (Å²) < 4.78 is 26.9. The lowest BCUT2D eigenvalue weighted by Crippen LogP contribution is -2.40. The van der Waals surface area contributed by atoms with Crippen molar-refractivity contribution in [3.05, 3.63) is 24.5 Å². The number of carbonyl (C=O) groups is 1. The molecule has 166 valence electrons. The third kappa shape index (κ3) is 4.80. The van der Waals surface area contributed by atoms with Crippen molar-refractivity contribution >= 4 is 17.3 Å². The van der Waals surface area contributed by atoms with Gasteiger partial charge in [0.25, 0.3) is 0 Å². The van der Waals surface area contributed by atoms with E-state index in [1.54, 1.807) is 25.4 Å². The number of hydrogen-bond acceptors (Lipinski definition) is 8. The van der Waals surface area contributed by atoms with Crippen LogP contribution in [0.15, 0.2) is 24.5 Å². The fourth-order valence-corrected chi connectivity index (χ4v) is 2.81. The molecule has 0 atom stereocenters. The highest BCUT2D eigenvalue weighted by atomic mass is 16.6. The minimum Gasteiger partial charge on any atom is -0.493 e. The van der Waals surface area contributed by atoms with Gasteiger partial charge in [-0.3, -0.25) is 0 Å². The van der Waals surface area contributed by atoms with Gasteiger partial charge in [-0.15, -0.1) is 0 Å². The molecule has 2 heterocycles. The van der Waals surface area contributed by atoms with Crippen LogP contribution in [0.2, 0.25) is 0 Å². The number of amides is 1. The number of ether oxygens (including phenoxy) is 5. The molecule has 31 heavy (non-hydrogen) atoms. The SMILES string of the molecule is COc1cc(-c2cnc3[nH]cc(OC(=O)NCC(C)(C)OC)c3n2)cc(OC)c1OC. The Kier molecular flexibility index (Phi) is 6.50. The molecule has 0 saturated carbocycles. The topological polar surface area (TPSA) is 117 Å². The normalized spacial score (nSPS) is 11.3. The summed E-state index contributed by atoms with van der Waals surface area (Å²) >= 11 is 0. The monoisotopic (exact) mass is 430 g/mol. The number of aromatic amines is 1. The highest BCUT2D eigenvalue weighted by Gasteiger charge is 2.20. The second-order valence-corrected chi connectivity index (χ2v) is 7.23. The van der Waals surface area contributed by atoms with E-state index >= 15 is 0 Å². The molecule has 10 nitrogen and oxygen atoms in total. The van der Waals surface area contributed by atoms with Crippen molar-refractivity contribution in [1.29, 1.82) is 0 Å². The van der Waals surface area contributed by atoms with Crippen LogP contribution >= 0.6 is 0 Å². The van der Waals surface area contributed by atoms with Crippen LogP contribution in [0, 0.1) is 0 Å². The number of benzene rings is 1. The van der Waals surface area contributed by atoms with E-state index in [1.165, 1.54) is 27.5 Å². The maximum Gasteiger partial charge on any atom is 0.412 e. The van der Waals surface area contributed by atoms with E-state index in [-0.39, 0.29) is 12.3 Å². The van der Waals surface area contributed by atoms with Gasteiger partial charge in [0.05, 0.1) is 38.8 Å². The third-order valence-electron chi connectivity index (χ3n) is 4.72. The second kappa shape index (κ2) is 9.09. The van der Waals surface area contributed by atoms with Crippen molar-refractivity contribution < 1.29 is 28.5 Å². The fraction of sp³-hybridized carbons (Fsp3) is 0.381. The summed E-state index contributed by atoms with van der Waals surface area (Å²) in [6, 6.07) is 3.54. The van der Waals surface area contributed by atoms with Gasteiger partial charge >= 0.3 is 6.09 Å². The summed E-state index contributed by atoms with van der Waals surface area (Å²) in [6.45, 7) is 4.00. The summed E-state index contributed by atoms with van der Waals surface area (Å²) in [5.41, 5.74) is 1.61.